The van der Waals surface area contributed by atoms with Crippen LogP contribution in [0.1, 0.15) is 46.6 Å². The Kier molecular flexibility index (Phi) is 7.18. The molecule has 35 heavy (non-hydrogen) atoms. The van der Waals surface area contributed by atoms with Gasteiger partial charge in [-0.05, 0) is 55.7 Å². The van der Waals surface area contributed by atoms with E-state index in [0.29, 0.717) is 12.1 Å². The van der Waals surface area contributed by atoms with Crippen molar-refractivity contribution in [2.45, 2.75) is 33.4 Å². The molecule has 4 rings (SSSR count). The molecule has 0 bridgehead atoms. The van der Waals surface area contributed by atoms with E-state index in [-0.39, 0.29) is 12.1 Å². The normalized spacial score (nSPS) is 15.0. The van der Waals surface area contributed by atoms with Crippen molar-refractivity contribution < 1.29 is 9.28 Å². The summed E-state index contributed by atoms with van der Waals surface area (Å²) in [6, 6.07) is 21.3. The molecule has 1 heterocycles. The van der Waals surface area contributed by atoms with Gasteiger partial charge in [-0.2, -0.15) is 0 Å². The van der Waals surface area contributed by atoms with Gasteiger partial charge in [0.1, 0.15) is 6.17 Å². The van der Waals surface area contributed by atoms with Crippen LogP contribution in [-0.2, 0) is 0 Å². The quantitative estimate of drug-likeness (QED) is 0.325. The molecule has 0 radical (unpaired) electrons. The summed E-state index contributed by atoms with van der Waals surface area (Å²) in [4.78, 5) is 15.2. The third-order valence-electron chi connectivity index (χ3n) is 6.73. The summed E-state index contributed by atoms with van der Waals surface area (Å²) >= 11 is 0. The molecule has 1 aliphatic heterocycles. The number of anilines is 2. The predicted molar refractivity (Wildman–Crippen MR) is 147 cm³/mol. The van der Waals surface area contributed by atoms with E-state index in [1.165, 1.54) is 27.8 Å². The summed E-state index contributed by atoms with van der Waals surface area (Å²) in [5, 5.41) is 6.80. The number of amides is 1. The number of carbonyl (C=O) groups is 1. The van der Waals surface area contributed by atoms with Crippen LogP contribution in [0.2, 0.25) is 0 Å². The molecule has 2 N–H and O–H groups in total. The van der Waals surface area contributed by atoms with Gasteiger partial charge in [-0.1, -0.05) is 48.0 Å². The van der Waals surface area contributed by atoms with Gasteiger partial charge in [0.25, 0.3) is 5.91 Å². The average Bonchev–Trinajstić information content (AvgIpc) is 3.19. The number of hydrogen-bond donors (Lipinski definition) is 2. The molecule has 3 aromatic rings. The number of fused-ring (bicyclic) bond motifs is 1. The van der Waals surface area contributed by atoms with Gasteiger partial charge >= 0.3 is 0 Å². The molecule has 1 aliphatic rings. The average molecular weight is 472 g/mol. The summed E-state index contributed by atoms with van der Waals surface area (Å²) in [7, 11) is 6.51. The lowest BCUT2D eigenvalue weighted by Crippen LogP contribution is -2.37. The van der Waals surface area contributed by atoms with E-state index in [1.54, 1.807) is 0 Å². The lowest BCUT2D eigenvalue weighted by Gasteiger charge is -2.28. The number of nitrogens with one attached hydrogen (secondary N) is 2. The SMILES string of the molecule is CCN1c2ccc(C(=O)NCCC[N+](C)(C)C)cc2NC1c1ccccc1-c1ccc(C)cc1C. The molecule has 5 nitrogen and oxygen atoms in total. The smallest absolute Gasteiger partial charge is 0.251 e. The third kappa shape index (κ3) is 5.51. The first-order valence-electron chi connectivity index (χ1n) is 12.6. The van der Waals surface area contributed by atoms with Gasteiger partial charge in [0.2, 0.25) is 0 Å². The van der Waals surface area contributed by atoms with E-state index in [2.05, 4.69) is 106 Å². The molecule has 1 unspecified atom stereocenters. The molecule has 0 aromatic heterocycles. The summed E-state index contributed by atoms with van der Waals surface area (Å²) in [5.74, 6) is -0.0156. The maximum absolute atomic E-state index is 12.8. The zero-order valence-electron chi connectivity index (χ0n) is 22.0. The molecule has 1 amide bonds. The Morgan fingerprint density at radius 2 is 1.77 bits per heavy atom. The minimum Gasteiger partial charge on any atom is -0.360 e. The largest absolute Gasteiger partial charge is 0.360 e. The van der Waals surface area contributed by atoms with Crippen LogP contribution in [0.15, 0.2) is 60.7 Å². The number of aryl methyl sites for hydroxylation is 2. The molecule has 0 saturated carbocycles. The summed E-state index contributed by atoms with van der Waals surface area (Å²) in [6.45, 7) is 9.07. The van der Waals surface area contributed by atoms with Crippen LogP contribution >= 0.6 is 0 Å². The topological polar surface area (TPSA) is 44.4 Å². The van der Waals surface area contributed by atoms with E-state index < -0.39 is 0 Å². The number of hydrogen-bond acceptors (Lipinski definition) is 3. The third-order valence-corrected chi connectivity index (χ3v) is 6.73. The fourth-order valence-corrected chi connectivity index (χ4v) is 4.96. The van der Waals surface area contributed by atoms with E-state index in [4.69, 9.17) is 0 Å². The van der Waals surface area contributed by atoms with E-state index in [9.17, 15) is 4.79 Å². The van der Waals surface area contributed by atoms with Crippen LogP contribution in [0.4, 0.5) is 11.4 Å². The van der Waals surface area contributed by atoms with Gasteiger partial charge in [-0.15, -0.1) is 0 Å². The zero-order valence-corrected chi connectivity index (χ0v) is 22.0. The molecule has 1 atom stereocenters. The predicted octanol–water partition coefficient (Wildman–Crippen LogP) is 5.75. The van der Waals surface area contributed by atoms with Crippen molar-refractivity contribution >= 4 is 17.3 Å². The first kappa shape index (κ1) is 24.8. The van der Waals surface area contributed by atoms with Crippen LogP contribution in [0.5, 0.6) is 0 Å². The Morgan fingerprint density at radius 3 is 2.49 bits per heavy atom. The highest BCUT2D eigenvalue weighted by atomic mass is 16.1. The number of quaternary nitrogens is 1. The summed E-state index contributed by atoms with van der Waals surface area (Å²) < 4.78 is 0.899. The Balaban J connectivity index is 1.57. The van der Waals surface area contributed by atoms with Crippen LogP contribution in [0, 0.1) is 13.8 Å². The first-order chi connectivity index (χ1) is 16.7. The van der Waals surface area contributed by atoms with Crippen LogP contribution in [0.25, 0.3) is 11.1 Å². The van der Waals surface area contributed by atoms with Crippen LogP contribution < -0.4 is 15.5 Å². The highest BCUT2D eigenvalue weighted by molar-refractivity contribution is 5.97. The minimum absolute atomic E-state index is 0.00904. The van der Waals surface area contributed by atoms with Gasteiger partial charge in [0.05, 0.1) is 39.1 Å². The molecule has 184 valence electrons. The van der Waals surface area contributed by atoms with Crippen molar-refractivity contribution in [2.75, 3.05) is 51.0 Å². The van der Waals surface area contributed by atoms with Crippen LogP contribution in [0.3, 0.4) is 0 Å². The molecule has 0 aliphatic carbocycles. The second-order valence-electron chi connectivity index (χ2n) is 10.6. The Morgan fingerprint density at radius 1 is 1.00 bits per heavy atom. The summed E-state index contributed by atoms with van der Waals surface area (Å²) in [5.41, 5.74) is 9.12. The number of rotatable bonds is 8. The molecular weight excluding hydrogens is 432 g/mol. The molecule has 3 aromatic carbocycles. The van der Waals surface area contributed by atoms with Crippen molar-refractivity contribution in [3.8, 4) is 11.1 Å². The van der Waals surface area contributed by atoms with E-state index >= 15 is 0 Å². The minimum atomic E-state index is -0.0156. The molecule has 5 heteroatoms. The van der Waals surface area contributed by atoms with E-state index in [0.717, 1.165) is 35.4 Å². The number of nitrogens with zero attached hydrogens (tertiary/aromatic N) is 2. The van der Waals surface area contributed by atoms with Crippen molar-refractivity contribution in [3.63, 3.8) is 0 Å². The Labute approximate surface area is 210 Å². The standard InChI is InChI=1S/C30H38N4O/c1-7-33-28-16-14-23(30(35)31-17-10-18-34(4,5)6)20-27(28)32-29(33)26-12-9-8-11-25(26)24-15-13-21(2)19-22(24)3/h8-9,11-16,19-20,29,32H,7,10,17-18H2,1-6H3/p+1. The fraction of sp³-hybridized carbons (Fsp3) is 0.367. The van der Waals surface area contributed by atoms with Crippen molar-refractivity contribution in [3.05, 3.63) is 82.9 Å². The maximum atomic E-state index is 12.8. The zero-order chi connectivity index (χ0) is 25.2. The lowest BCUT2D eigenvalue weighted by molar-refractivity contribution is -0.870. The van der Waals surface area contributed by atoms with Gasteiger partial charge in [0, 0.05) is 30.6 Å². The van der Waals surface area contributed by atoms with Crippen molar-refractivity contribution in [2.24, 2.45) is 0 Å². The monoisotopic (exact) mass is 471 g/mol. The van der Waals surface area contributed by atoms with Crippen LogP contribution in [-0.4, -0.2) is 51.2 Å². The summed E-state index contributed by atoms with van der Waals surface area (Å²) in [6.07, 6.45) is 0.967. The maximum Gasteiger partial charge on any atom is 0.251 e. The fourth-order valence-electron chi connectivity index (χ4n) is 4.96. The molecule has 0 saturated heterocycles. The highest BCUT2D eigenvalue weighted by Crippen LogP contribution is 2.44. The van der Waals surface area contributed by atoms with Crippen molar-refractivity contribution in [1.29, 1.82) is 0 Å². The second kappa shape index (κ2) is 10.1. The first-order valence-corrected chi connectivity index (χ1v) is 12.6. The van der Waals surface area contributed by atoms with Gasteiger partial charge in [0.15, 0.2) is 0 Å². The van der Waals surface area contributed by atoms with Gasteiger partial charge < -0.3 is 20.0 Å². The Bertz CT molecular complexity index is 1210. The van der Waals surface area contributed by atoms with Gasteiger partial charge in [-0.3, -0.25) is 4.79 Å². The van der Waals surface area contributed by atoms with E-state index in [1.807, 2.05) is 12.1 Å². The molecule has 0 fully saturated rings. The molecular formula is C30H39N4O+. The van der Waals surface area contributed by atoms with Crippen molar-refractivity contribution in [1.82, 2.24) is 5.32 Å². The highest BCUT2D eigenvalue weighted by Gasteiger charge is 2.31. The second-order valence-corrected chi connectivity index (χ2v) is 10.6. The molecule has 0 spiro atoms. The van der Waals surface area contributed by atoms with Gasteiger partial charge in [-0.25, -0.2) is 0 Å². The number of carbonyl (C=O) groups excluding carboxylic acids is 1. The Hall–Kier alpha value is -3.31. The lowest BCUT2D eigenvalue weighted by atomic mass is 9.93. The number of benzene rings is 3.